The van der Waals surface area contributed by atoms with Crippen molar-refractivity contribution in [2.24, 2.45) is 0 Å². The Morgan fingerprint density at radius 1 is 0.333 bits per heavy atom. The van der Waals surface area contributed by atoms with Crippen molar-refractivity contribution < 1.29 is 28.6 Å². The molecule has 0 rings (SSSR count). The van der Waals surface area contributed by atoms with Crippen LogP contribution in [0.5, 0.6) is 0 Å². The number of unbranched alkanes of at least 4 members (excludes halogenated alkanes) is 15. The van der Waals surface area contributed by atoms with Crippen LogP contribution >= 0.6 is 0 Å². The van der Waals surface area contributed by atoms with Gasteiger partial charge in [0.2, 0.25) is 0 Å². The van der Waals surface area contributed by atoms with Gasteiger partial charge in [0.15, 0.2) is 6.10 Å². The van der Waals surface area contributed by atoms with Crippen molar-refractivity contribution in [2.45, 2.75) is 219 Å². The van der Waals surface area contributed by atoms with Crippen molar-refractivity contribution in [3.63, 3.8) is 0 Å². The Balaban J connectivity index is 4.54. The molecule has 0 saturated carbocycles. The quantitative estimate of drug-likeness (QED) is 0.0263. The molecule has 1 unspecified atom stereocenters. The molecule has 356 valence electrons. The highest BCUT2D eigenvalue weighted by Gasteiger charge is 2.19. The molecule has 6 heteroatoms. The van der Waals surface area contributed by atoms with Crippen LogP contribution in [-0.4, -0.2) is 37.2 Å². The zero-order valence-corrected chi connectivity index (χ0v) is 40.5. The lowest BCUT2D eigenvalue weighted by Gasteiger charge is -2.18. The maximum absolute atomic E-state index is 12.8. The van der Waals surface area contributed by atoms with Gasteiger partial charge in [-0.2, -0.15) is 0 Å². The lowest BCUT2D eigenvalue weighted by atomic mass is 10.0. The lowest BCUT2D eigenvalue weighted by molar-refractivity contribution is -0.166. The van der Waals surface area contributed by atoms with Gasteiger partial charge in [-0.25, -0.2) is 0 Å². The van der Waals surface area contributed by atoms with Crippen LogP contribution in [0.4, 0.5) is 0 Å². The van der Waals surface area contributed by atoms with Gasteiger partial charge in [0.05, 0.1) is 0 Å². The molecule has 0 radical (unpaired) electrons. The molecule has 0 aliphatic rings. The number of rotatable bonds is 44. The van der Waals surface area contributed by atoms with Gasteiger partial charge < -0.3 is 14.2 Å². The summed E-state index contributed by atoms with van der Waals surface area (Å²) in [6, 6.07) is 0. The molecule has 0 N–H and O–H groups in total. The Labute approximate surface area is 387 Å². The van der Waals surface area contributed by atoms with Gasteiger partial charge in [0.1, 0.15) is 13.2 Å². The standard InChI is InChI=1S/C57H92O6/c1-4-7-10-13-16-19-22-25-27-28-29-30-31-33-35-38-41-44-47-50-56(59)62-53-54(52-61-55(58)49-46-43-40-37-34-24-21-18-15-12-9-6-3)63-57(60)51-48-45-42-39-36-32-26-23-20-17-14-11-8-5-2/h7,9-10,12,16,18-19,21,25,27,29-30,33-35,37,41,44,54H,4-6,8,11,13-15,17,20,22-24,26,28,31-32,36,38-40,42-43,45-53H2,1-3H3/b10-7-,12-9-,19-16-,21-18-,27-25-,30-29-,35-33-,37-34-,44-41-. The van der Waals surface area contributed by atoms with E-state index in [0.717, 1.165) is 89.9 Å². The second kappa shape index (κ2) is 50.7. The summed E-state index contributed by atoms with van der Waals surface area (Å²) in [5.41, 5.74) is 0. The van der Waals surface area contributed by atoms with Crippen LogP contribution in [0.15, 0.2) is 109 Å². The number of esters is 3. The predicted molar refractivity (Wildman–Crippen MR) is 270 cm³/mol. The Hall–Kier alpha value is -3.93. The Kier molecular flexibility index (Phi) is 47.5. The molecule has 0 fully saturated rings. The fourth-order valence-electron chi connectivity index (χ4n) is 6.54. The van der Waals surface area contributed by atoms with Crippen molar-refractivity contribution >= 4 is 17.9 Å². The predicted octanol–water partition coefficient (Wildman–Crippen LogP) is 16.8. The molecule has 1 atom stereocenters. The fraction of sp³-hybridized carbons (Fsp3) is 0.632. The minimum atomic E-state index is -0.823. The molecule has 0 heterocycles. The SMILES string of the molecule is CC/C=C\C/C=C\C/C=C\C/C=C\C/C=C\C/C=C\CCC(=O)OCC(COC(=O)CCCC/C=C\C/C=C\C/C=C\CC)OC(=O)CCCCCCCCCCCCCCCC. The third-order valence-electron chi connectivity index (χ3n) is 10.3. The van der Waals surface area contributed by atoms with Gasteiger partial charge >= 0.3 is 17.9 Å². The number of hydrogen-bond acceptors (Lipinski definition) is 6. The number of ether oxygens (including phenoxy) is 3. The maximum atomic E-state index is 12.8. The van der Waals surface area contributed by atoms with E-state index >= 15 is 0 Å². The number of allylic oxidation sites excluding steroid dienone is 18. The molecule has 6 nitrogen and oxygen atoms in total. The van der Waals surface area contributed by atoms with E-state index in [2.05, 4.69) is 118 Å². The minimum absolute atomic E-state index is 0.122. The molecule has 0 amide bonds. The summed E-state index contributed by atoms with van der Waals surface area (Å²) in [6.45, 7) is 6.29. The van der Waals surface area contributed by atoms with E-state index in [-0.39, 0.29) is 37.5 Å². The highest BCUT2D eigenvalue weighted by molar-refractivity contribution is 5.71. The minimum Gasteiger partial charge on any atom is -0.462 e. The summed E-state index contributed by atoms with van der Waals surface area (Å²) >= 11 is 0. The van der Waals surface area contributed by atoms with Gasteiger partial charge in [0, 0.05) is 19.3 Å². The second-order valence-electron chi connectivity index (χ2n) is 16.3. The first kappa shape index (κ1) is 59.1. The average molecular weight is 873 g/mol. The van der Waals surface area contributed by atoms with Crippen LogP contribution in [0.25, 0.3) is 0 Å². The van der Waals surface area contributed by atoms with E-state index in [9.17, 15) is 14.4 Å². The molecule has 0 aromatic rings. The van der Waals surface area contributed by atoms with Gasteiger partial charge in [0.25, 0.3) is 0 Å². The third-order valence-corrected chi connectivity index (χ3v) is 10.3. The number of carbonyl (C=O) groups excluding carboxylic acids is 3. The first-order valence-corrected chi connectivity index (χ1v) is 25.4. The van der Waals surface area contributed by atoms with E-state index in [0.29, 0.717) is 25.7 Å². The zero-order chi connectivity index (χ0) is 45.8. The van der Waals surface area contributed by atoms with Crippen LogP contribution in [0.1, 0.15) is 213 Å². The molecule has 0 aliphatic heterocycles. The molecule has 0 spiro atoms. The van der Waals surface area contributed by atoms with Gasteiger partial charge in [-0.05, 0) is 89.9 Å². The van der Waals surface area contributed by atoms with Crippen LogP contribution in [0.3, 0.4) is 0 Å². The fourth-order valence-corrected chi connectivity index (χ4v) is 6.54. The van der Waals surface area contributed by atoms with Crippen molar-refractivity contribution in [1.29, 1.82) is 0 Å². The summed E-state index contributed by atoms with van der Waals surface area (Å²) in [6.07, 6.45) is 68.0. The Morgan fingerprint density at radius 2 is 0.651 bits per heavy atom. The van der Waals surface area contributed by atoms with E-state index in [1.54, 1.807) is 0 Å². The average Bonchev–Trinajstić information content (AvgIpc) is 3.28. The van der Waals surface area contributed by atoms with Crippen LogP contribution in [-0.2, 0) is 28.6 Å². The summed E-state index contributed by atoms with van der Waals surface area (Å²) in [5, 5.41) is 0. The van der Waals surface area contributed by atoms with E-state index < -0.39 is 6.10 Å². The smallest absolute Gasteiger partial charge is 0.306 e. The highest BCUT2D eigenvalue weighted by atomic mass is 16.6. The normalized spacial score (nSPS) is 13.0. The highest BCUT2D eigenvalue weighted by Crippen LogP contribution is 2.14. The van der Waals surface area contributed by atoms with Gasteiger partial charge in [-0.15, -0.1) is 0 Å². The van der Waals surface area contributed by atoms with E-state index in [1.807, 2.05) is 12.2 Å². The van der Waals surface area contributed by atoms with Crippen molar-refractivity contribution in [3.05, 3.63) is 109 Å². The monoisotopic (exact) mass is 873 g/mol. The molecule has 0 aliphatic carbocycles. The van der Waals surface area contributed by atoms with E-state index in [1.165, 1.54) is 70.6 Å². The molecule has 0 aromatic heterocycles. The van der Waals surface area contributed by atoms with Crippen molar-refractivity contribution in [3.8, 4) is 0 Å². The van der Waals surface area contributed by atoms with Gasteiger partial charge in [-0.3, -0.25) is 14.4 Å². The largest absolute Gasteiger partial charge is 0.462 e. The van der Waals surface area contributed by atoms with Crippen LogP contribution in [0.2, 0.25) is 0 Å². The summed E-state index contributed by atoms with van der Waals surface area (Å²) in [7, 11) is 0. The zero-order valence-electron chi connectivity index (χ0n) is 40.5. The number of carbonyl (C=O) groups is 3. The van der Waals surface area contributed by atoms with Crippen LogP contribution in [0, 0.1) is 0 Å². The topological polar surface area (TPSA) is 78.9 Å². The molecule has 0 saturated heterocycles. The van der Waals surface area contributed by atoms with Crippen molar-refractivity contribution in [2.75, 3.05) is 13.2 Å². The summed E-state index contributed by atoms with van der Waals surface area (Å²) in [5.74, 6) is -1.05. The number of hydrogen-bond donors (Lipinski definition) is 0. The molecular weight excluding hydrogens is 781 g/mol. The Morgan fingerprint density at radius 3 is 1.06 bits per heavy atom. The summed E-state index contributed by atoms with van der Waals surface area (Å²) < 4.78 is 16.7. The molecule has 63 heavy (non-hydrogen) atoms. The molecular formula is C57H92O6. The van der Waals surface area contributed by atoms with E-state index in [4.69, 9.17) is 14.2 Å². The van der Waals surface area contributed by atoms with Gasteiger partial charge in [-0.1, -0.05) is 214 Å². The third kappa shape index (κ3) is 49.0. The van der Waals surface area contributed by atoms with Crippen molar-refractivity contribution in [1.82, 2.24) is 0 Å². The second-order valence-corrected chi connectivity index (χ2v) is 16.3. The summed E-state index contributed by atoms with van der Waals surface area (Å²) in [4.78, 5) is 37.9. The Bertz CT molecular complexity index is 1330. The first-order chi connectivity index (χ1) is 31.0. The lowest BCUT2D eigenvalue weighted by Crippen LogP contribution is -2.30. The van der Waals surface area contributed by atoms with Crippen LogP contribution < -0.4 is 0 Å². The maximum Gasteiger partial charge on any atom is 0.306 e. The molecule has 0 bridgehead atoms. The molecule has 0 aromatic carbocycles. The first-order valence-electron chi connectivity index (χ1n) is 25.4.